The zero-order valence-corrected chi connectivity index (χ0v) is 21.0. The summed E-state index contributed by atoms with van der Waals surface area (Å²) in [4.78, 5) is 45.0. The van der Waals surface area contributed by atoms with Crippen molar-refractivity contribution < 1.29 is 28.6 Å². The van der Waals surface area contributed by atoms with Gasteiger partial charge in [0.05, 0.1) is 38.0 Å². The van der Waals surface area contributed by atoms with Crippen molar-refractivity contribution in [3.63, 3.8) is 0 Å². The fraction of sp³-hybridized carbons (Fsp3) is 0.222. The van der Waals surface area contributed by atoms with Crippen molar-refractivity contribution in [2.45, 2.75) is 0 Å². The van der Waals surface area contributed by atoms with E-state index in [1.165, 1.54) is 36.0 Å². The van der Waals surface area contributed by atoms with Gasteiger partial charge in [-0.05, 0) is 54.6 Å². The molecule has 3 aromatic carbocycles. The Balaban J connectivity index is 2.01. The first-order valence-corrected chi connectivity index (χ1v) is 11.1. The van der Waals surface area contributed by atoms with Crippen LogP contribution >= 0.6 is 0 Å². The summed E-state index contributed by atoms with van der Waals surface area (Å²) in [5, 5.41) is 0. The predicted octanol–water partition coefficient (Wildman–Crippen LogP) is 3.86. The number of amides is 3. The van der Waals surface area contributed by atoms with Crippen molar-refractivity contribution in [3.8, 4) is 17.2 Å². The lowest BCUT2D eigenvalue weighted by Crippen LogP contribution is -2.29. The number of anilines is 3. The fourth-order valence-corrected chi connectivity index (χ4v) is 4.11. The summed E-state index contributed by atoms with van der Waals surface area (Å²) in [6.07, 6.45) is 0. The molecule has 6 bridgehead atoms. The number of rotatable bonds is 3. The van der Waals surface area contributed by atoms with Gasteiger partial charge in [0, 0.05) is 38.2 Å². The molecule has 36 heavy (non-hydrogen) atoms. The molecule has 0 aromatic heterocycles. The molecule has 186 valence electrons. The van der Waals surface area contributed by atoms with Gasteiger partial charge in [0.1, 0.15) is 17.2 Å². The highest BCUT2D eigenvalue weighted by molar-refractivity contribution is 6.13. The molecule has 3 aromatic rings. The molecule has 9 nitrogen and oxygen atoms in total. The maximum absolute atomic E-state index is 13.6. The first-order valence-electron chi connectivity index (χ1n) is 11.1. The predicted molar refractivity (Wildman–Crippen MR) is 137 cm³/mol. The van der Waals surface area contributed by atoms with E-state index in [9.17, 15) is 14.4 Å². The smallest absolute Gasteiger partial charge is 0.261 e. The second kappa shape index (κ2) is 9.61. The van der Waals surface area contributed by atoms with Crippen LogP contribution in [0.1, 0.15) is 31.1 Å². The van der Waals surface area contributed by atoms with Gasteiger partial charge in [-0.2, -0.15) is 0 Å². The number of methoxy groups -OCH3 is 3. The number of benzene rings is 3. The molecule has 4 rings (SSSR count). The molecule has 0 spiro atoms. The average molecular weight is 490 g/mol. The van der Waals surface area contributed by atoms with Gasteiger partial charge in [0.15, 0.2) is 0 Å². The number of nitrogens with zero attached hydrogens (tertiary/aromatic N) is 3. The molecule has 1 heterocycles. The summed E-state index contributed by atoms with van der Waals surface area (Å²) >= 11 is 0. The second-order valence-electron chi connectivity index (χ2n) is 8.25. The molecule has 0 atom stereocenters. The quantitative estimate of drug-likeness (QED) is 0.555. The Kier molecular flexibility index (Phi) is 6.57. The van der Waals surface area contributed by atoms with E-state index in [1.54, 1.807) is 75.7 Å². The van der Waals surface area contributed by atoms with Crippen LogP contribution in [0.3, 0.4) is 0 Å². The normalized spacial score (nSPS) is 13.8. The molecule has 0 aliphatic carbocycles. The maximum atomic E-state index is 13.6. The number of fused-ring (bicyclic) bond motifs is 6. The number of hydrogen-bond acceptors (Lipinski definition) is 6. The minimum absolute atomic E-state index is 0.258. The number of hydrogen-bond donors (Lipinski definition) is 0. The lowest BCUT2D eigenvalue weighted by atomic mass is 10.1. The van der Waals surface area contributed by atoms with E-state index in [2.05, 4.69) is 0 Å². The molecule has 0 N–H and O–H groups in total. The van der Waals surface area contributed by atoms with Crippen LogP contribution in [0.25, 0.3) is 0 Å². The van der Waals surface area contributed by atoms with Crippen molar-refractivity contribution >= 4 is 34.8 Å². The standard InChI is InChI=1S/C27H27N3O6/c1-28-16-7-10-23(35-5)20(13-16)26(32)30(3)18-9-12-24(36-6)21(15-18)27(33)29(2)17-8-11-22(34-4)19(14-17)25(28)31/h7-15H,1-6H3. The Labute approximate surface area is 209 Å². The van der Waals surface area contributed by atoms with Gasteiger partial charge in [-0.3, -0.25) is 14.4 Å². The van der Waals surface area contributed by atoms with E-state index in [1.807, 2.05) is 0 Å². The van der Waals surface area contributed by atoms with Gasteiger partial charge in [-0.25, -0.2) is 0 Å². The van der Waals surface area contributed by atoms with Crippen molar-refractivity contribution in [1.82, 2.24) is 0 Å². The summed E-state index contributed by atoms with van der Waals surface area (Å²) < 4.78 is 16.3. The van der Waals surface area contributed by atoms with Crippen LogP contribution in [0, 0.1) is 0 Å². The first-order chi connectivity index (χ1) is 17.2. The molecule has 0 unspecified atom stereocenters. The van der Waals surface area contributed by atoms with Crippen LogP contribution in [-0.4, -0.2) is 60.2 Å². The van der Waals surface area contributed by atoms with Gasteiger partial charge in [0.2, 0.25) is 0 Å². The van der Waals surface area contributed by atoms with Crippen LogP contribution in [0.2, 0.25) is 0 Å². The minimum Gasteiger partial charge on any atom is -0.496 e. The minimum atomic E-state index is -0.375. The second-order valence-corrected chi connectivity index (χ2v) is 8.25. The highest BCUT2D eigenvalue weighted by atomic mass is 16.5. The molecule has 3 amide bonds. The van der Waals surface area contributed by atoms with Gasteiger partial charge in [-0.1, -0.05) is 0 Å². The van der Waals surface area contributed by atoms with Crippen LogP contribution < -0.4 is 28.9 Å². The van der Waals surface area contributed by atoms with Gasteiger partial charge >= 0.3 is 0 Å². The van der Waals surface area contributed by atoms with E-state index in [0.717, 1.165) is 0 Å². The average Bonchev–Trinajstić information content (AvgIpc) is 2.93. The summed E-state index contributed by atoms with van der Waals surface area (Å²) in [6.45, 7) is 0. The van der Waals surface area contributed by atoms with Crippen LogP contribution in [0.4, 0.5) is 17.1 Å². The maximum Gasteiger partial charge on any atom is 0.261 e. The highest BCUT2D eigenvalue weighted by Gasteiger charge is 2.27. The van der Waals surface area contributed by atoms with E-state index < -0.39 is 0 Å². The Morgan fingerprint density at radius 3 is 0.944 bits per heavy atom. The van der Waals surface area contributed by atoms with Gasteiger partial charge in [0.25, 0.3) is 17.7 Å². The van der Waals surface area contributed by atoms with Crippen LogP contribution in [-0.2, 0) is 0 Å². The Morgan fingerprint density at radius 2 is 0.722 bits per heavy atom. The van der Waals surface area contributed by atoms with Crippen molar-refractivity contribution in [3.05, 3.63) is 71.3 Å². The van der Waals surface area contributed by atoms with E-state index in [4.69, 9.17) is 14.2 Å². The van der Waals surface area contributed by atoms with Crippen molar-refractivity contribution in [1.29, 1.82) is 0 Å². The molecule has 0 saturated heterocycles. The molecular weight excluding hydrogens is 462 g/mol. The van der Waals surface area contributed by atoms with Crippen molar-refractivity contribution in [2.24, 2.45) is 0 Å². The molecule has 1 aliphatic rings. The van der Waals surface area contributed by atoms with Crippen LogP contribution in [0.5, 0.6) is 17.2 Å². The zero-order chi connectivity index (χ0) is 26.1. The SMILES string of the molecule is COc1ccc2cc1C(=O)N(C)c1ccc(OC)c(c1)C(=O)N(C)c1ccc(OC)c(c1)C(=O)N2C. The molecule has 0 fully saturated rings. The third kappa shape index (κ3) is 4.08. The lowest BCUT2D eigenvalue weighted by Gasteiger charge is -2.23. The van der Waals surface area contributed by atoms with Gasteiger partial charge < -0.3 is 28.9 Å². The zero-order valence-electron chi connectivity index (χ0n) is 21.0. The highest BCUT2D eigenvalue weighted by Crippen LogP contribution is 2.33. The number of carbonyl (C=O) groups is 3. The number of ether oxygens (including phenoxy) is 3. The summed E-state index contributed by atoms with van der Waals surface area (Å²) in [5.41, 5.74) is 2.23. The van der Waals surface area contributed by atoms with E-state index >= 15 is 0 Å². The monoisotopic (exact) mass is 489 g/mol. The lowest BCUT2D eigenvalue weighted by molar-refractivity contribution is 0.0979. The molecule has 0 radical (unpaired) electrons. The fourth-order valence-electron chi connectivity index (χ4n) is 4.11. The number of carbonyl (C=O) groups excluding carboxylic acids is 3. The molecule has 9 heteroatoms. The van der Waals surface area contributed by atoms with E-state index in [0.29, 0.717) is 34.3 Å². The molecule has 1 aliphatic heterocycles. The third-order valence-corrected chi connectivity index (χ3v) is 6.32. The molecular formula is C27H27N3O6. The summed E-state index contributed by atoms with van der Waals surface area (Å²) in [6, 6.07) is 14.8. The van der Waals surface area contributed by atoms with E-state index in [-0.39, 0.29) is 34.4 Å². The van der Waals surface area contributed by atoms with Crippen LogP contribution in [0.15, 0.2) is 54.6 Å². The summed E-state index contributed by atoms with van der Waals surface area (Å²) in [7, 11) is 9.23. The Hall–Kier alpha value is -4.53. The molecule has 0 saturated carbocycles. The summed E-state index contributed by atoms with van der Waals surface area (Å²) in [5.74, 6) is -0.0712. The first kappa shape index (κ1) is 24.6. The van der Waals surface area contributed by atoms with Crippen molar-refractivity contribution in [2.75, 3.05) is 57.2 Å². The largest absolute Gasteiger partial charge is 0.496 e. The third-order valence-electron chi connectivity index (χ3n) is 6.32. The Bertz CT molecular complexity index is 1200. The Morgan fingerprint density at radius 1 is 0.472 bits per heavy atom. The van der Waals surface area contributed by atoms with Gasteiger partial charge in [-0.15, -0.1) is 0 Å². The topological polar surface area (TPSA) is 88.6 Å².